The fraction of sp³-hybridized carbons (Fsp3) is 0.160. The SMILES string of the molecule is CC(C)(c1ccccc1)c1cc(Cl)cc(NC(=O)c2cc3cc(NS(C)(=O)=O)ccc3s2)c1. The highest BCUT2D eigenvalue weighted by Gasteiger charge is 2.24. The van der Waals surface area contributed by atoms with Gasteiger partial charge >= 0.3 is 0 Å². The molecule has 0 aliphatic heterocycles. The number of benzene rings is 3. The largest absolute Gasteiger partial charge is 0.321 e. The Morgan fingerprint density at radius 3 is 2.33 bits per heavy atom. The molecule has 0 unspecified atom stereocenters. The smallest absolute Gasteiger partial charge is 0.265 e. The number of carbonyl (C=O) groups excluding carboxylic acids is 1. The molecule has 0 aliphatic rings. The first-order chi connectivity index (χ1) is 15.5. The monoisotopic (exact) mass is 498 g/mol. The van der Waals surface area contributed by atoms with Crippen molar-refractivity contribution in [3.63, 3.8) is 0 Å². The fourth-order valence-corrected chi connectivity index (χ4v) is 5.40. The van der Waals surface area contributed by atoms with Gasteiger partial charge < -0.3 is 5.32 Å². The Morgan fingerprint density at radius 2 is 1.64 bits per heavy atom. The molecule has 8 heteroatoms. The van der Waals surface area contributed by atoms with E-state index in [0.29, 0.717) is 21.3 Å². The Labute approximate surface area is 202 Å². The highest BCUT2D eigenvalue weighted by Crippen LogP contribution is 2.35. The van der Waals surface area contributed by atoms with Crippen molar-refractivity contribution >= 4 is 60.3 Å². The van der Waals surface area contributed by atoms with Gasteiger partial charge in [-0.2, -0.15) is 0 Å². The van der Waals surface area contributed by atoms with Crippen LogP contribution >= 0.6 is 22.9 Å². The van der Waals surface area contributed by atoms with E-state index in [1.807, 2.05) is 30.3 Å². The van der Waals surface area contributed by atoms with Crippen LogP contribution in [0.3, 0.4) is 0 Å². The van der Waals surface area contributed by atoms with Crippen molar-refractivity contribution in [2.24, 2.45) is 0 Å². The molecule has 0 aliphatic carbocycles. The van der Waals surface area contributed by atoms with Crippen LogP contribution in [-0.4, -0.2) is 20.6 Å². The molecule has 0 saturated carbocycles. The lowest BCUT2D eigenvalue weighted by Crippen LogP contribution is -2.19. The van der Waals surface area contributed by atoms with E-state index in [9.17, 15) is 13.2 Å². The van der Waals surface area contributed by atoms with Crippen molar-refractivity contribution in [1.29, 1.82) is 0 Å². The highest BCUT2D eigenvalue weighted by atomic mass is 35.5. The molecule has 0 saturated heterocycles. The van der Waals surface area contributed by atoms with Gasteiger partial charge in [-0.1, -0.05) is 55.8 Å². The number of fused-ring (bicyclic) bond motifs is 1. The number of nitrogens with one attached hydrogen (secondary N) is 2. The molecule has 1 amide bonds. The summed E-state index contributed by atoms with van der Waals surface area (Å²) in [5, 5.41) is 4.28. The standard InChI is InChI=1S/C25H23ClN2O3S2/c1-25(2,17-7-5-4-6-8-17)18-13-19(26)15-21(14-18)27-24(29)23-12-16-11-20(28-33(3,30)31)9-10-22(16)32-23/h4-15,28H,1-3H3,(H,27,29). The molecule has 170 valence electrons. The van der Waals surface area contributed by atoms with E-state index in [-0.39, 0.29) is 11.3 Å². The average molecular weight is 499 g/mol. The third-order valence-corrected chi connectivity index (χ3v) is 7.36. The van der Waals surface area contributed by atoms with Gasteiger partial charge in [0.25, 0.3) is 5.91 Å². The van der Waals surface area contributed by atoms with Crippen LogP contribution in [-0.2, 0) is 15.4 Å². The van der Waals surface area contributed by atoms with Crippen LogP contribution < -0.4 is 10.0 Å². The number of hydrogen-bond acceptors (Lipinski definition) is 4. The van der Waals surface area contributed by atoms with E-state index < -0.39 is 10.0 Å². The third-order valence-electron chi connectivity index (χ3n) is 5.42. The highest BCUT2D eigenvalue weighted by molar-refractivity contribution is 7.92. The van der Waals surface area contributed by atoms with Crippen molar-refractivity contribution in [3.8, 4) is 0 Å². The van der Waals surface area contributed by atoms with Crippen LogP contribution in [0.1, 0.15) is 34.6 Å². The molecule has 0 atom stereocenters. The summed E-state index contributed by atoms with van der Waals surface area (Å²) >= 11 is 7.74. The number of carbonyl (C=O) groups is 1. The van der Waals surface area contributed by atoms with E-state index in [2.05, 4.69) is 36.0 Å². The molecule has 0 radical (unpaired) electrons. The Bertz CT molecular complexity index is 1450. The van der Waals surface area contributed by atoms with Gasteiger partial charge in [-0.25, -0.2) is 8.42 Å². The summed E-state index contributed by atoms with van der Waals surface area (Å²) < 4.78 is 26.3. The maximum absolute atomic E-state index is 13.0. The number of rotatable bonds is 6. The molecule has 5 nitrogen and oxygen atoms in total. The van der Waals surface area contributed by atoms with Gasteiger partial charge in [-0.3, -0.25) is 9.52 Å². The van der Waals surface area contributed by atoms with Gasteiger partial charge in [-0.15, -0.1) is 11.3 Å². The second-order valence-electron chi connectivity index (χ2n) is 8.41. The van der Waals surface area contributed by atoms with Crippen molar-refractivity contribution in [3.05, 3.63) is 93.8 Å². The zero-order chi connectivity index (χ0) is 23.8. The zero-order valence-corrected chi connectivity index (χ0v) is 20.7. The second-order valence-corrected chi connectivity index (χ2v) is 11.7. The molecule has 4 aromatic rings. The molecule has 4 rings (SSSR count). The Balaban J connectivity index is 1.60. The molecule has 33 heavy (non-hydrogen) atoms. The summed E-state index contributed by atoms with van der Waals surface area (Å²) in [5.41, 5.74) is 2.91. The Morgan fingerprint density at radius 1 is 0.909 bits per heavy atom. The van der Waals surface area contributed by atoms with Gasteiger partial charge in [0, 0.05) is 26.5 Å². The van der Waals surface area contributed by atoms with Crippen LogP contribution in [0.2, 0.25) is 5.02 Å². The second kappa shape index (κ2) is 8.82. The lowest BCUT2D eigenvalue weighted by molar-refractivity contribution is 0.103. The van der Waals surface area contributed by atoms with E-state index in [1.54, 1.807) is 30.3 Å². The van der Waals surface area contributed by atoms with Crippen molar-refractivity contribution in [2.45, 2.75) is 19.3 Å². The summed E-state index contributed by atoms with van der Waals surface area (Å²) in [5.74, 6) is -0.250. The molecule has 2 N–H and O–H groups in total. The predicted octanol–water partition coefficient (Wildman–Crippen LogP) is 6.50. The number of halogens is 1. The number of sulfonamides is 1. The van der Waals surface area contributed by atoms with Crippen molar-refractivity contribution in [1.82, 2.24) is 0 Å². The van der Waals surface area contributed by atoms with Crippen LogP contribution in [0, 0.1) is 0 Å². The number of anilines is 2. The number of thiophene rings is 1. The summed E-state index contributed by atoms with van der Waals surface area (Å²) in [7, 11) is -3.37. The van der Waals surface area contributed by atoms with Gasteiger partial charge in [0.05, 0.1) is 11.1 Å². The molecular formula is C25H23ClN2O3S2. The quantitative estimate of drug-likeness (QED) is 0.318. The summed E-state index contributed by atoms with van der Waals surface area (Å²) in [6.45, 7) is 4.24. The molecule has 1 heterocycles. The van der Waals surface area contributed by atoms with Crippen LogP contribution in [0.15, 0.2) is 72.8 Å². The molecule has 3 aromatic carbocycles. The van der Waals surface area contributed by atoms with Gasteiger partial charge in [-0.05, 0) is 59.0 Å². The molecule has 0 spiro atoms. The lowest BCUT2D eigenvalue weighted by atomic mass is 9.78. The number of hydrogen-bond donors (Lipinski definition) is 2. The molecule has 1 aromatic heterocycles. The minimum atomic E-state index is -3.37. The maximum Gasteiger partial charge on any atom is 0.265 e. The van der Waals surface area contributed by atoms with Gasteiger partial charge in [0.15, 0.2) is 0 Å². The minimum Gasteiger partial charge on any atom is -0.321 e. The summed E-state index contributed by atoms with van der Waals surface area (Å²) in [6.07, 6.45) is 1.10. The summed E-state index contributed by atoms with van der Waals surface area (Å²) in [4.78, 5) is 13.5. The molecule has 0 bridgehead atoms. The lowest BCUT2D eigenvalue weighted by Gasteiger charge is -2.27. The minimum absolute atomic E-state index is 0.250. The first-order valence-corrected chi connectivity index (χ1v) is 13.3. The van der Waals surface area contributed by atoms with E-state index in [4.69, 9.17) is 11.6 Å². The van der Waals surface area contributed by atoms with Gasteiger partial charge in [0.2, 0.25) is 10.0 Å². The Hall–Kier alpha value is -2.87. The fourth-order valence-electron chi connectivity index (χ4n) is 3.67. The first-order valence-electron chi connectivity index (χ1n) is 10.2. The maximum atomic E-state index is 13.0. The van der Waals surface area contributed by atoms with E-state index in [0.717, 1.165) is 27.5 Å². The van der Waals surface area contributed by atoms with Crippen LogP contribution in [0.4, 0.5) is 11.4 Å². The zero-order valence-electron chi connectivity index (χ0n) is 18.3. The predicted molar refractivity (Wildman–Crippen MR) is 138 cm³/mol. The van der Waals surface area contributed by atoms with Crippen LogP contribution in [0.5, 0.6) is 0 Å². The van der Waals surface area contributed by atoms with Crippen molar-refractivity contribution in [2.75, 3.05) is 16.3 Å². The number of amides is 1. The van der Waals surface area contributed by atoms with Crippen molar-refractivity contribution < 1.29 is 13.2 Å². The van der Waals surface area contributed by atoms with Gasteiger partial charge in [0.1, 0.15) is 0 Å². The van der Waals surface area contributed by atoms with E-state index >= 15 is 0 Å². The third kappa shape index (κ3) is 5.38. The average Bonchev–Trinajstić information content (AvgIpc) is 3.16. The molecular weight excluding hydrogens is 476 g/mol. The Kier molecular flexibility index (Phi) is 6.22. The van der Waals surface area contributed by atoms with Crippen LogP contribution in [0.25, 0.3) is 10.1 Å². The topological polar surface area (TPSA) is 75.3 Å². The first kappa shape index (κ1) is 23.3. The normalized spacial score (nSPS) is 12.0. The van der Waals surface area contributed by atoms with E-state index in [1.165, 1.54) is 11.3 Å². The molecule has 0 fully saturated rings. The summed E-state index contributed by atoms with van der Waals surface area (Å²) in [6, 6.07) is 22.7.